The molecule has 5 heteroatoms. The van der Waals surface area contributed by atoms with Crippen molar-refractivity contribution in [3.8, 4) is 5.75 Å². The molecule has 1 aromatic carbocycles. The van der Waals surface area contributed by atoms with Crippen molar-refractivity contribution in [2.75, 3.05) is 26.9 Å². The highest BCUT2D eigenvalue weighted by Gasteiger charge is 2.21. The van der Waals surface area contributed by atoms with Gasteiger partial charge in [0.2, 0.25) is 0 Å². The Hall–Kier alpha value is -1.33. The Morgan fingerprint density at radius 3 is 3.17 bits per heavy atom. The number of hydrogen-bond acceptors (Lipinski definition) is 3. The first kappa shape index (κ1) is 13.1. The number of benzene rings is 1. The minimum Gasteiger partial charge on any atom is -0.493 e. The minimum absolute atomic E-state index is 0.220. The number of nitrogens with one attached hydrogen (secondary N) is 2. The quantitative estimate of drug-likeness (QED) is 0.640. The summed E-state index contributed by atoms with van der Waals surface area (Å²) in [6.45, 7) is 2.08. The fourth-order valence-corrected chi connectivity index (χ4v) is 2.21. The maximum Gasteiger partial charge on any atom is 0.166 e. The number of hydrogen-bond donors (Lipinski definition) is 2. The predicted octanol–water partition coefficient (Wildman–Crippen LogP) is 1.62. The van der Waals surface area contributed by atoms with Crippen molar-refractivity contribution in [3.05, 3.63) is 29.8 Å². The lowest BCUT2D eigenvalue weighted by molar-refractivity contribution is 0.203. The van der Waals surface area contributed by atoms with Crippen LogP contribution >= 0.6 is 12.2 Å². The zero-order chi connectivity index (χ0) is 12.8. The predicted molar refractivity (Wildman–Crippen MR) is 74.9 cm³/mol. The normalized spacial score (nSPS) is 17.5. The molecule has 2 rings (SSSR count). The summed E-state index contributed by atoms with van der Waals surface area (Å²) in [7, 11) is 1.67. The van der Waals surface area contributed by atoms with E-state index in [0.717, 1.165) is 18.8 Å². The first-order valence-electron chi connectivity index (χ1n) is 6.06. The lowest BCUT2D eigenvalue weighted by Crippen LogP contribution is -2.40. The summed E-state index contributed by atoms with van der Waals surface area (Å²) in [5.41, 5.74) is 1.17. The number of ether oxygens (including phenoxy) is 2. The van der Waals surface area contributed by atoms with Crippen LogP contribution < -0.4 is 15.4 Å². The average molecular weight is 266 g/mol. The van der Waals surface area contributed by atoms with Crippen LogP contribution in [0.4, 0.5) is 0 Å². The van der Waals surface area contributed by atoms with Gasteiger partial charge in [0.15, 0.2) is 5.11 Å². The molecule has 2 N–H and O–H groups in total. The van der Waals surface area contributed by atoms with Crippen LogP contribution in [0, 0.1) is 0 Å². The van der Waals surface area contributed by atoms with Gasteiger partial charge in [-0.25, -0.2) is 0 Å². The molecular formula is C13H18N2O2S. The van der Waals surface area contributed by atoms with Crippen LogP contribution in [0.3, 0.4) is 0 Å². The van der Waals surface area contributed by atoms with E-state index in [1.807, 2.05) is 18.2 Å². The van der Waals surface area contributed by atoms with E-state index in [1.54, 1.807) is 7.11 Å². The molecule has 18 heavy (non-hydrogen) atoms. The van der Waals surface area contributed by atoms with Crippen LogP contribution in [0.2, 0.25) is 0 Å². The van der Waals surface area contributed by atoms with Crippen molar-refractivity contribution in [2.45, 2.75) is 12.5 Å². The second-order valence-corrected chi connectivity index (χ2v) is 4.53. The largest absolute Gasteiger partial charge is 0.493 e. The Labute approximate surface area is 113 Å². The zero-order valence-electron chi connectivity index (χ0n) is 10.4. The number of rotatable bonds is 4. The standard InChI is InChI=1S/C13H18N2O2S/c1-16-9-7-14-13(18)15-11-6-8-17-12-5-3-2-4-10(11)12/h2-5,11H,6-9H2,1H3,(H2,14,15,18). The second kappa shape index (κ2) is 6.56. The molecule has 0 radical (unpaired) electrons. The summed E-state index contributed by atoms with van der Waals surface area (Å²) in [5, 5.41) is 7.10. The first-order valence-corrected chi connectivity index (χ1v) is 6.47. The molecular weight excluding hydrogens is 248 g/mol. The van der Waals surface area contributed by atoms with Crippen LogP contribution in [0.15, 0.2) is 24.3 Å². The lowest BCUT2D eigenvalue weighted by atomic mass is 10.0. The van der Waals surface area contributed by atoms with Gasteiger partial charge in [-0.1, -0.05) is 18.2 Å². The highest BCUT2D eigenvalue weighted by Crippen LogP contribution is 2.31. The second-order valence-electron chi connectivity index (χ2n) is 4.12. The van der Waals surface area contributed by atoms with E-state index < -0.39 is 0 Å². The van der Waals surface area contributed by atoms with Crippen molar-refractivity contribution in [1.82, 2.24) is 10.6 Å². The molecule has 1 aliphatic rings. The Bertz CT molecular complexity index is 412. The van der Waals surface area contributed by atoms with E-state index >= 15 is 0 Å². The SMILES string of the molecule is COCCNC(=S)NC1CCOc2ccccc21. The number of methoxy groups -OCH3 is 1. The van der Waals surface area contributed by atoms with E-state index in [4.69, 9.17) is 21.7 Å². The molecule has 0 saturated heterocycles. The third-order valence-electron chi connectivity index (χ3n) is 2.86. The van der Waals surface area contributed by atoms with Gasteiger partial charge < -0.3 is 20.1 Å². The van der Waals surface area contributed by atoms with Crippen molar-refractivity contribution in [2.24, 2.45) is 0 Å². The highest BCUT2D eigenvalue weighted by molar-refractivity contribution is 7.80. The maximum atomic E-state index is 5.61. The van der Waals surface area contributed by atoms with Crippen molar-refractivity contribution in [3.63, 3.8) is 0 Å². The van der Waals surface area contributed by atoms with Gasteiger partial charge in [0.05, 0.1) is 19.3 Å². The number of thiocarbonyl (C=S) groups is 1. The molecule has 1 heterocycles. The van der Waals surface area contributed by atoms with E-state index in [1.165, 1.54) is 5.56 Å². The van der Waals surface area contributed by atoms with Crippen LogP contribution in [0.5, 0.6) is 5.75 Å². The first-order chi connectivity index (χ1) is 8.81. The van der Waals surface area contributed by atoms with Crippen molar-refractivity contribution >= 4 is 17.3 Å². The molecule has 0 aromatic heterocycles. The van der Waals surface area contributed by atoms with Gasteiger partial charge in [0.1, 0.15) is 5.75 Å². The van der Waals surface area contributed by atoms with Gasteiger partial charge in [0.25, 0.3) is 0 Å². The Morgan fingerprint density at radius 2 is 2.33 bits per heavy atom. The minimum atomic E-state index is 0.220. The molecule has 4 nitrogen and oxygen atoms in total. The van der Waals surface area contributed by atoms with Crippen LogP contribution in [-0.2, 0) is 4.74 Å². The topological polar surface area (TPSA) is 42.5 Å². The fraction of sp³-hybridized carbons (Fsp3) is 0.462. The van der Waals surface area contributed by atoms with E-state index in [9.17, 15) is 0 Å². The lowest BCUT2D eigenvalue weighted by Gasteiger charge is -2.27. The molecule has 1 unspecified atom stereocenters. The van der Waals surface area contributed by atoms with Gasteiger partial charge in [-0.2, -0.15) is 0 Å². The van der Waals surface area contributed by atoms with E-state index in [2.05, 4.69) is 16.7 Å². The molecule has 0 amide bonds. The van der Waals surface area contributed by atoms with E-state index in [-0.39, 0.29) is 6.04 Å². The molecule has 0 saturated carbocycles. The number of fused-ring (bicyclic) bond motifs is 1. The monoisotopic (exact) mass is 266 g/mol. The van der Waals surface area contributed by atoms with Crippen LogP contribution in [0.1, 0.15) is 18.0 Å². The molecule has 0 bridgehead atoms. The zero-order valence-corrected chi connectivity index (χ0v) is 11.3. The van der Waals surface area contributed by atoms with Crippen molar-refractivity contribution in [1.29, 1.82) is 0 Å². The smallest absolute Gasteiger partial charge is 0.166 e. The highest BCUT2D eigenvalue weighted by atomic mass is 32.1. The van der Waals surface area contributed by atoms with Gasteiger partial charge in [-0.3, -0.25) is 0 Å². The van der Waals surface area contributed by atoms with Gasteiger partial charge in [-0.05, 0) is 18.3 Å². The summed E-state index contributed by atoms with van der Waals surface area (Å²) in [4.78, 5) is 0. The van der Waals surface area contributed by atoms with Crippen molar-refractivity contribution < 1.29 is 9.47 Å². The molecule has 98 valence electrons. The Morgan fingerprint density at radius 1 is 1.50 bits per heavy atom. The molecule has 0 fully saturated rings. The summed E-state index contributed by atoms with van der Waals surface area (Å²) in [6.07, 6.45) is 0.920. The molecule has 0 aliphatic carbocycles. The third kappa shape index (κ3) is 3.34. The van der Waals surface area contributed by atoms with Gasteiger partial charge in [0, 0.05) is 25.6 Å². The Kier molecular flexibility index (Phi) is 4.78. The molecule has 1 aromatic rings. The van der Waals surface area contributed by atoms with E-state index in [0.29, 0.717) is 18.3 Å². The van der Waals surface area contributed by atoms with Crippen LogP contribution in [-0.4, -0.2) is 32.0 Å². The van der Waals surface area contributed by atoms with Crippen LogP contribution in [0.25, 0.3) is 0 Å². The average Bonchev–Trinajstić information content (AvgIpc) is 2.39. The molecule has 0 spiro atoms. The fourth-order valence-electron chi connectivity index (χ4n) is 1.97. The van der Waals surface area contributed by atoms with Gasteiger partial charge in [-0.15, -0.1) is 0 Å². The summed E-state index contributed by atoms with van der Waals surface area (Å²) in [5.74, 6) is 0.945. The maximum absolute atomic E-state index is 5.61. The Balaban J connectivity index is 1.92. The third-order valence-corrected chi connectivity index (χ3v) is 3.12. The molecule has 1 aliphatic heterocycles. The van der Waals surface area contributed by atoms with Gasteiger partial charge >= 0.3 is 0 Å². The summed E-state index contributed by atoms with van der Waals surface area (Å²) in [6, 6.07) is 8.28. The summed E-state index contributed by atoms with van der Waals surface area (Å²) < 4.78 is 10.6. The summed E-state index contributed by atoms with van der Waals surface area (Å²) >= 11 is 5.26. The molecule has 1 atom stereocenters. The number of para-hydroxylation sites is 1.